The molecule has 0 bridgehead atoms. The van der Waals surface area contributed by atoms with Gasteiger partial charge < -0.3 is 20.9 Å². The highest BCUT2D eigenvalue weighted by atomic mass is 16.2. The summed E-state index contributed by atoms with van der Waals surface area (Å²) in [6, 6.07) is 7.94. The van der Waals surface area contributed by atoms with Crippen LogP contribution in [0.3, 0.4) is 0 Å². The number of carbonyl (C=O) groups is 4. The Morgan fingerprint density at radius 3 is 2.49 bits per heavy atom. The highest BCUT2D eigenvalue weighted by Gasteiger charge is 2.42. The number of nitrogens with zero attached hydrogens (tertiary/aromatic N) is 4. The third kappa shape index (κ3) is 8.34. The Hall–Kier alpha value is -3.83. The number of likely N-dealkylation sites (tertiary alicyclic amines) is 1. The maximum Gasteiger partial charge on any atom is 0.243 e. The van der Waals surface area contributed by atoms with Crippen LogP contribution in [0.5, 0.6) is 0 Å². The predicted molar refractivity (Wildman–Crippen MR) is 151 cm³/mol. The van der Waals surface area contributed by atoms with Gasteiger partial charge in [-0.2, -0.15) is 5.21 Å². The molecular formula is C29H42N8O4. The van der Waals surface area contributed by atoms with Crippen LogP contribution in [0.1, 0.15) is 70.2 Å². The fourth-order valence-corrected chi connectivity index (χ4v) is 5.96. The molecule has 2 aliphatic rings. The lowest BCUT2D eigenvalue weighted by Crippen LogP contribution is -2.53. The van der Waals surface area contributed by atoms with Crippen LogP contribution < -0.4 is 16.0 Å². The second kappa shape index (κ2) is 14.7. The minimum atomic E-state index is -0.772. The van der Waals surface area contributed by atoms with E-state index in [0.29, 0.717) is 31.1 Å². The molecule has 1 aromatic carbocycles. The fourth-order valence-electron chi connectivity index (χ4n) is 5.96. The van der Waals surface area contributed by atoms with Crippen molar-refractivity contribution in [1.29, 1.82) is 0 Å². The summed E-state index contributed by atoms with van der Waals surface area (Å²) in [5.74, 6) is -0.286. The molecule has 2 aromatic rings. The summed E-state index contributed by atoms with van der Waals surface area (Å²) >= 11 is 0. The molecule has 2 heterocycles. The first-order valence-corrected chi connectivity index (χ1v) is 14.8. The van der Waals surface area contributed by atoms with E-state index in [-0.39, 0.29) is 49.1 Å². The lowest BCUT2D eigenvalue weighted by molar-refractivity contribution is -0.139. The molecule has 222 valence electrons. The fraction of sp³-hybridized carbons (Fsp3) is 0.621. The number of benzene rings is 1. The van der Waals surface area contributed by atoms with E-state index < -0.39 is 18.0 Å². The van der Waals surface area contributed by atoms with Gasteiger partial charge in [0, 0.05) is 6.54 Å². The zero-order valence-electron chi connectivity index (χ0n) is 24.0. The monoisotopic (exact) mass is 566 g/mol. The lowest BCUT2D eigenvalue weighted by Gasteiger charge is -2.28. The van der Waals surface area contributed by atoms with E-state index in [0.717, 1.165) is 18.4 Å². The Labute approximate surface area is 240 Å². The molecule has 0 radical (unpaired) electrons. The van der Waals surface area contributed by atoms with Gasteiger partial charge in [0.15, 0.2) is 5.82 Å². The third-order valence-electron chi connectivity index (χ3n) is 8.52. The summed E-state index contributed by atoms with van der Waals surface area (Å²) in [7, 11) is 0. The van der Waals surface area contributed by atoms with E-state index in [1.165, 1.54) is 19.3 Å². The molecule has 1 aliphatic heterocycles. The first-order valence-electron chi connectivity index (χ1n) is 14.8. The summed E-state index contributed by atoms with van der Waals surface area (Å²) in [4.78, 5) is 54.2. The number of aromatic nitrogens is 4. The molecule has 12 heteroatoms. The smallest absolute Gasteiger partial charge is 0.243 e. The van der Waals surface area contributed by atoms with Crippen molar-refractivity contribution in [2.75, 3.05) is 13.1 Å². The molecule has 0 spiro atoms. The van der Waals surface area contributed by atoms with Gasteiger partial charge in [-0.25, -0.2) is 0 Å². The molecule has 1 aromatic heterocycles. The first-order chi connectivity index (χ1) is 19.9. The van der Waals surface area contributed by atoms with Gasteiger partial charge in [0.25, 0.3) is 0 Å². The van der Waals surface area contributed by atoms with Crippen molar-refractivity contribution in [2.45, 2.75) is 83.8 Å². The molecule has 12 nitrogen and oxygen atoms in total. The minimum absolute atomic E-state index is 0.109. The molecule has 4 N–H and O–H groups in total. The summed E-state index contributed by atoms with van der Waals surface area (Å²) in [6.07, 6.45) is 7.23. The van der Waals surface area contributed by atoms with Crippen LogP contribution in [0, 0.1) is 17.8 Å². The number of tetrazole rings is 1. The Morgan fingerprint density at radius 1 is 1.05 bits per heavy atom. The van der Waals surface area contributed by atoms with Gasteiger partial charge in [-0.1, -0.05) is 87.9 Å². The van der Waals surface area contributed by atoms with Gasteiger partial charge >= 0.3 is 0 Å². The molecule has 4 atom stereocenters. The molecule has 41 heavy (non-hydrogen) atoms. The van der Waals surface area contributed by atoms with Crippen LogP contribution in [-0.4, -0.2) is 74.3 Å². The highest BCUT2D eigenvalue weighted by molar-refractivity contribution is 5.93. The molecule has 1 saturated carbocycles. The number of nitrogens with one attached hydrogen (secondary N) is 4. The summed E-state index contributed by atoms with van der Waals surface area (Å²) < 4.78 is 0. The number of amides is 4. The Morgan fingerprint density at radius 2 is 1.80 bits per heavy atom. The zero-order chi connectivity index (χ0) is 29.2. The molecule has 2 fully saturated rings. The lowest BCUT2D eigenvalue weighted by atomic mass is 9.79. The van der Waals surface area contributed by atoms with Crippen LogP contribution in [0.2, 0.25) is 0 Å². The number of H-pyrrole nitrogens is 1. The summed E-state index contributed by atoms with van der Waals surface area (Å²) in [5.41, 5.74) is 0.855. The molecule has 0 unspecified atom stereocenters. The Kier molecular flexibility index (Phi) is 10.8. The van der Waals surface area contributed by atoms with Gasteiger partial charge in [-0.15, -0.1) is 10.2 Å². The summed E-state index contributed by atoms with van der Waals surface area (Å²) in [5, 5.41) is 22.0. The maximum absolute atomic E-state index is 13.5. The van der Waals surface area contributed by atoms with Crippen molar-refractivity contribution >= 4 is 23.6 Å². The number of hydrogen-bond acceptors (Lipinski definition) is 7. The molecule has 4 amide bonds. The van der Waals surface area contributed by atoms with Gasteiger partial charge in [-0.3, -0.25) is 19.2 Å². The summed E-state index contributed by atoms with van der Waals surface area (Å²) in [6.45, 7) is 4.20. The minimum Gasteiger partial charge on any atom is -0.347 e. The van der Waals surface area contributed by atoms with E-state index in [1.807, 2.05) is 44.2 Å². The Bertz CT molecular complexity index is 1150. The standard InChI is InChI=1S/C29H42N8O4/c1-3-19(2)27(32-25(38)14-20-10-6-4-7-11-20)29(41)31-17-26(39)37-18-22(21-12-8-5-9-13-21)15-23(37)28(40)30-16-24-33-35-36-34-24/h4,6-7,10-11,19,21-23,27H,3,5,8-9,12-18H2,1-2H3,(H,30,40)(H,31,41)(H,32,38)(H,33,34,35,36)/t19-,22+,23-,27-/m0/s1. The van der Waals surface area contributed by atoms with Gasteiger partial charge in [0.05, 0.1) is 19.5 Å². The molecular weight excluding hydrogens is 524 g/mol. The van der Waals surface area contributed by atoms with Gasteiger partial charge in [0.1, 0.15) is 12.1 Å². The number of aromatic amines is 1. The van der Waals surface area contributed by atoms with E-state index >= 15 is 0 Å². The number of carbonyl (C=O) groups excluding carboxylic acids is 4. The van der Waals surface area contributed by atoms with Crippen LogP contribution in [0.25, 0.3) is 0 Å². The van der Waals surface area contributed by atoms with Crippen molar-refractivity contribution in [3.8, 4) is 0 Å². The van der Waals surface area contributed by atoms with Crippen molar-refractivity contribution in [3.05, 3.63) is 41.7 Å². The van der Waals surface area contributed by atoms with Crippen molar-refractivity contribution in [3.63, 3.8) is 0 Å². The van der Waals surface area contributed by atoms with E-state index in [1.54, 1.807) is 4.90 Å². The average Bonchev–Trinajstić information content (AvgIpc) is 3.69. The van der Waals surface area contributed by atoms with Crippen molar-refractivity contribution in [2.24, 2.45) is 17.8 Å². The SMILES string of the molecule is CC[C@H](C)[C@H](NC(=O)Cc1ccccc1)C(=O)NCC(=O)N1C[C@H](C2CCCCC2)C[C@H]1C(=O)NCc1nn[nH]n1. The van der Waals surface area contributed by atoms with E-state index in [2.05, 4.69) is 36.6 Å². The maximum atomic E-state index is 13.5. The van der Waals surface area contributed by atoms with E-state index in [4.69, 9.17) is 0 Å². The highest BCUT2D eigenvalue weighted by Crippen LogP contribution is 2.37. The van der Waals surface area contributed by atoms with Crippen molar-refractivity contribution < 1.29 is 19.2 Å². The third-order valence-corrected chi connectivity index (χ3v) is 8.52. The predicted octanol–water partition coefficient (Wildman–Crippen LogP) is 1.50. The molecule has 1 saturated heterocycles. The quantitative estimate of drug-likeness (QED) is 0.303. The van der Waals surface area contributed by atoms with Crippen LogP contribution in [-0.2, 0) is 32.1 Å². The van der Waals surface area contributed by atoms with Gasteiger partial charge in [-0.05, 0) is 29.7 Å². The number of hydrogen-bond donors (Lipinski definition) is 4. The largest absolute Gasteiger partial charge is 0.347 e. The van der Waals surface area contributed by atoms with Crippen molar-refractivity contribution in [1.82, 2.24) is 41.5 Å². The second-order valence-corrected chi connectivity index (χ2v) is 11.3. The second-order valence-electron chi connectivity index (χ2n) is 11.3. The van der Waals surface area contributed by atoms with Crippen LogP contribution in [0.4, 0.5) is 0 Å². The Balaban J connectivity index is 1.37. The topological polar surface area (TPSA) is 162 Å². The van der Waals surface area contributed by atoms with E-state index in [9.17, 15) is 19.2 Å². The number of rotatable bonds is 12. The van der Waals surface area contributed by atoms with Crippen LogP contribution in [0.15, 0.2) is 30.3 Å². The molecule has 1 aliphatic carbocycles. The van der Waals surface area contributed by atoms with Gasteiger partial charge in [0.2, 0.25) is 23.6 Å². The normalized spacial score (nSPS) is 20.7. The zero-order valence-corrected chi connectivity index (χ0v) is 24.0. The first kappa shape index (κ1) is 30.1. The van der Waals surface area contributed by atoms with Crippen LogP contribution >= 0.6 is 0 Å². The molecule has 4 rings (SSSR count). The average molecular weight is 567 g/mol.